The van der Waals surface area contributed by atoms with Gasteiger partial charge in [0.15, 0.2) is 11.4 Å². The second kappa shape index (κ2) is 5.44. The fraction of sp³-hybridized carbons (Fsp3) is 0.538. The van der Waals surface area contributed by atoms with Crippen LogP contribution < -0.4 is 10.6 Å². The third kappa shape index (κ3) is 2.78. The average Bonchev–Trinajstić information content (AvgIpc) is 2.61. The number of nitrogens with zero attached hydrogens (tertiary/aromatic N) is 2. The summed E-state index contributed by atoms with van der Waals surface area (Å²) in [6.45, 7) is 1.23. The summed E-state index contributed by atoms with van der Waals surface area (Å²) in [7, 11) is 1.29. The maximum atomic E-state index is 11.6. The molecule has 0 radical (unpaired) electrons. The van der Waals surface area contributed by atoms with Crippen LogP contribution in [0.4, 0.5) is 11.5 Å². The molecule has 0 saturated carbocycles. The number of hydrogen-bond donors (Lipinski definition) is 2. The molecule has 1 fully saturated rings. The monoisotopic (exact) mass is 265 g/mol. The largest absolute Gasteiger partial charge is 0.467 e. The summed E-state index contributed by atoms with van der Waals surface area (Å²) in [4.78, 5) is 17.9. The van der Waals surface area contributed by atoms with Crippen molar-refractivity contribution in [3.8, 4) is 0 Å². The SMILES string of the molecule is COC(=O)C1(O)CCCN(c2ncccc2N)CC1. The number of nitrogen functional groups attached to an aromatic ring is 1. The lowest BCUT2D eigenvalue weighted by molar-refractivity contribution is -0.163. The Kier molecular flexibility index (Phi) is 3.90. The van der Waals surface area contributed by atoms with Crippen molar-refractivity contribution in [3.63, 3.8) is 0 Å². The van der Waals surface area contributed by atoms with Crippen LogP contribution in [0.15, 0.2) is 18.3 Å². The Morgan fingerprint density at radius 1 is 1.53 bits per heavy atom. The summed E-state index contributed by atoms with van der Waals surface area (Å²) in [6.07, 6.45) is 3.07. The van der Waals surface area contributed by atoms with Crippen LogP contribution in [0.2, 0.25) is 0 Å². The molecule has 0 aliphatic carbocycles. The van der Waals surface area contributed by atoms with Gasteiger partial charge in [0.05, 0.1) is 12.8 Å². The first-order valence-corrected chi connectivity index (χ1v) is 6.33. The van der Waals surface area contributed by atoms with E-state index >= 15 is 0 Å². The molecule has 0 bridgehead atoms. The highest BCUT2D eigenvalue weighted by atomic mass is 16.5. The van der Waals surface area contributed by atoms with Crippen LogP contribution >= 0.6 is 0 Å². The summed E-state index contributed by atoms with van der Waals surface area (Å²) >= 11 is 0. The van der Waals surface area contributed by atoms with Crippen LogP contribution in [-0.4, -0.2) is 41.9 Å². The van der Waals surface area contributed by atoms with Crippen molar-refractivity contribution < 1.29 is 14.6 Å². The van der Waals surface area contributed by atoms with Gasteiger partial charge in [-0.3, -0.25) is 0 Å². The molecule has 1 aliphatic rings. The number of esters is 1. The highest BCUT2D eigenvalue weighted by molar-refractivity contribution is 5.79. The van der Waals surface area contributed by atoms with E-state index in [0.29, 0.717) is 43.9 Å². The third-order valence-electron chi connectivity index (χ3n) is 3.50. The van der Waals surface area contributed by atoms with Gasteiger partial charge in [-0.15, -0.1) is 0 Å². The Morgan fingerprint density at radius 2 is 2.32 bits per heavy atom. The number of pyridine rings is 1. The molecule has 1 aromatic heterocycles. The molecule has 1 aromatic rings. The number of carbonyl (C=O) groups excluding carboxylic acids is 1. The molecule has 2 rings (SSSR count). The predicted octanol–water partition coefficient (Wildman–Crippen LogP) is 0.558. The summed E-state index contributed by atoms with van der Waals surface area (Å²) < 4.78 is 4.67. The van der Waals surface area contributed by atoms with E-state index in [1.54, 1.807) is 18.3 Å². The van der Waals surface area contributed by atoms with E-state index in [4.69, 9.17) is 5.73 Å². The van der Waals surface area contributed by atoms with Crippen LogP contribution in [0.3, 0.4) is 0 Å². The third-order valence-corrected chi connectivity index (χ3v) is 3.50. The zero-order chi connectivity index (χ0) is 13.9. The molecule has 3 N–H and O–H groups in total. The average molecular weight is 265 g/mol. The standard InChI is InChI=1S/C13H19N3O3/c1-19-12(17)13(18)5-3-8-16(9-6-13)11-10(14)4-2-7-15-11/h2,4,7,18H,3,5-6,8-9,14H2,1H3. The lowest BCUT2D eigenvalue weighted by Gasteiger charge is -2.25. The molecule has 0 spiro atoms. The molecule has 0 aromatic carbocycles. The van der Waals surface area contributed by atoms with Gasteiger partial charge < -0.3 is 20.5 Å². The van der Waals surface area contributed by atoms with Gasteiger partial charge in [-0.25, -0.2) is 9.78 Å². The molecule has 1 saturated heterocycles. The zero-order valence-electron chi connectivity index (χ0n) is 11.0. The lowest BCUT2D eigenvalue weighted by Crippen LogP contribution is -2.40. The van der Waals surface area contributed by atoms with Gasteiger partial charge in [-0.1, -0.05) is 0 Å². The minimum Gasteiger partial charge on any atom is -0.467 e. The molecule has 6 nitrogen and oxygen atoms in total. The maximum Gasteiger partial charge on any atom is 0.337 e. The molecule has 19 heavy (non-hydrogen) atoms. The van der Waals surface area contributed by atoms with E-state index in [0.717, 1.165) is 0 Å². The van der Waals surface area contributed by atoms with Crippen LogP contribution in [0, 0.1) is 0 Å². The number of ether oxygens (including phenoxy) is 1. The number of aromatic nitrogens is 1. The van der Waals surface area contributed by atoms with Crippen molar-refractivity contribution in [3.05, 3.63) is 18.3 Å². The summed E-state index contributed by atoms with van der Waals surface area (Å²) in [5, 5.41) is 10.3. The highest BCUT2D eigenvalue weighted by Crippen LogP contribution is 2.28. The second-order valence-corrected chi connectivity index (χ2v) is 4.78. The van der Waals surface area contributed by atoms with Crippen LogP contribution in [0.1, 0.15) is 19.3 Å². The Labute approximate surface area is 112 Å². The summed E-state index contributed by atoms with van der Waals surface area (Å²) in [5.41, 5.74) is 5.10. The summed E-state index contributed by atoms with van der Waals surface area (Å²) in [6, 6.07) is 3.57. The first-order chi connectivity index (χ1) is 9.07. The molecule has 104 valence electrons. The first kappa shape index (κ1) is 13.6. The molecular formula is C13H19N3O3. The second-order valence-electron chi connectivity index (χ2n) is 4.78. The number of nitrogens with two attached hydrogens (primary N) is 1. The number of hydrogen-bond acceptors (Lipinski definition) is 6. The van der Waals surface area contributed by atoms with Crippen LogP contribution in [0.25, 0.3) is 0 Å². The predicted molar refractivity (Wildman–Crippen MR) is 71.7 cm³/mol. The Bertz CT molecular complexity index is 466. The fourth-order valence-electron chi connectivity index (χ4n) is 2.40. The fourth-order valence-corrected chi connectivity index (χ4v) is 2.40. The molecule has 6 heteroatoms. The van der Waals surface area contributed by atoms with E-state index in [9.17, 15) is 9.90 Å². The van der Waals surface area contributed by atoms with Crippen molar-refractivity contribution in [2.75, 3.05) is 30.8 Å². The lowest BCUT2D eigenvalue weighted by atomic mass is 9.95. The number of aliphatic hydroxyl groups is 1. The van der Waals surface area contributed by atoms with E-state index in [1.807, 2.05) is 4.90 Å². The van der Waals surface area contributed by atoms with Gasteiger partial charge in [0.2, 0.25) is 0 Å². The molecule has 1 atom stereocenters. The quantitative estimate of drug-likeness (QED) is 0.759. The molecular weight excluding hydrogens is 246 g/mol. The van der Waals surface area contributed by atoms with Gasteiger partial charge in [-0.05, 0) is 25.0 Å². The smallest absolute Gasteiger partial charge is 0.337 e. The van der Waals surface area contributed by atoms with E-state index in [1.165, 1.54) is 7.11 Å². The number of anilines is 2. The van der Waals surface area contributed by atoms with Gasteiger partial charge in [0.1, 0.15) is 0 Å². The van der Waals surface area contributed by atoms with Crippen LogP contribution in [-0.2, 0) is 9.53 Å². The van der Waals surface area contributed by atoms with Gasteiger partial charge in [-0.2, -0.15) is 0 Å². The van der Waals surface area contributed by atoms with Crippen molar-refractivity contribution in [2.24, 2.45) is 0 Å². The van der Waals surface area contributed by atoms with Crippen LogP contribution in [0.5, 0.6) is 0 Å². The van der Waals surface area contributed by atoms with Gasteiger partial charge in [0.25, 0.3) is 0 Å². The highest BCUT2D eigenvalue weighted by Gasteiger charge is 2.38. The Balaban J connectivity index is 2.13. The Hall–Kier alpha value is -1.82. The van der Waals surface area contributed by atoms with Gasteiger partial charge in [0, 0.05) is 25.7 Å². The molecule has 0 amide bonds. The van der Waals surface area contributed by atoms with Crippen molar-refractivity contribution in [2.45, 2.75) is 24.9 Å². The number of rotatable bonds is 2. The van der Waals surface area contributed by atoms with E-state index in [2.05, 4.69) is 9.72 Å². The summed E-state index contributed by atoms with van der Waals surface area (Å²) in [5.74, 6) is 0.139. The first-order valence-electron chi connectivity index (χ1n) is 6.33. The van der Waals surface area contributed by atoms with Crippen molar-refractivity contribution >= 4 is 17.5 Å². The van der Waals surface area contributed by atoms with Crippen molar-refractivity contribution in [1.29, 1.82) is 0 Å². The maximum absolute atomic E-state index is 11.6. The van der Waals surface area contributed by atoms with E-state index < -0.39 is 11.6 Å². The zero-order valence-corrected chi connectivity index (χ0v) is 11.0. The molecule has 1 aliphatic heterocycles. The normalized spacial score (nSPS) is 23.8. The van der Waals surface area contributed by atoms with Crippen molar-refractivity contribution in [1.82, 2.24) is 4.98 Å². The minimum absolute atomic E-state index is 0.315. The number of carbonyl (C=O) groups is 1. The minimum atomic E-state index is -1.40. The number of methoxy groups -OCH3 is 1. The molecule has 1 unspecified atom stereocenters. The topological polar surface area (TPSA) is 88.7 Å². The van der Waals surface area contributed by atoms with Gasteiger partial charge >= 0.3 is 5.97 Å². The van der Waals surface area contributed by atoms with E-state index in [-0.39, 0.29) is 0 Å². The Morgan fingerprint density at radius 3 is 3.00 bits per heavy atom. The molecule has 2 heterocycles.